The van der Waals surface area contributed by atoms with Gasteiger partial charge in [-0.3, -0.25) is 4.90 Å². The third kappa shape index (κ3) is 6.30. The van der Waals surface area contributed by atoms with Crippen LogP contribution in [0.4, 0.5) is 4.79 Å². The molecule has 0 aromatic heterocycles. The zero-order valence-electron chi connectivity index (χ0n) is 14.9. The second-order valence-electron chi connectivity index (χ2n) is 7.19. The highest BCUT2D eigenvalue weighted by Crippen LogP contribution is 2.18. The van der Waals surface area contributed by atoms with Crippen LogP contribution in [-0.4, -0.2) is 48.9 Å². The van der Waals surface area contributed by atoms with Gasteiger partial charge in [-0.2, -0.15) is 0 Å². The minimum atomic E-state index is -0.492. The average molecular weight is 355 g/mol. The van der Waals surface area contributed by atoms with Gasteiger partial charge in [-0.1, -0.05) is 23.7 Å². The minimum Gasteiger partial charge on any atom is -0.444 e. The summed E-state index contributed by atoms with van der Waals surface area (Å²) in [6, 6.07) is 6.16. The van der Waals surface area contributed by atoms with E-state index in [4.69, 9.17) is 21.1 Å². The molecule has 1 saturated heterocycles. The molecule has 24 heavy (non-hydrogen) atoms. The second kappa shape index (κ2) is 8.19. The molecule has 1 atom stereocenters. The summed E-state index contributed by atoms with van der Waals surface area (Å²) in [4.78, 5) is 14.0. The highest BCUT2D eigenvalue weighted by Gasteiger charge is 2.22. The summed E-state index contributed by atoms with van der Waals surface area (Å²) in [6.45, 7) is 11.1. The van der Waals surface area contributed by atoms with Crippen molar-refractivity contribution in [1.82, 2.24) is 10.2 Å². The van der Waals surface area contributed by atoms with Gasteiger partial charge >= 0.3 is 6.09 Å². The van der Waals surface area contributed by atoms with E-state index in [2.05, 4.69) is 16.3 Å². The Labute approximate surface area is 149 Å². The normalized spacial score (nSPS) is 19.1. The van der Waals surface area contributed by atoms with Gasteiger partial charge < -0.3 is 14.8 Å². The SMILES string of the molecule is Cc1ccc(CN2CCO[C@@H](CNC(=O)OC(C)(C)C)C2)cc1Cl. The quantitative estimate of drug-likeness (QED) is 0.900. The Hall–Kier alpha value is -1.30. The van der Waals surface area contributed by atoms with Crippen molar-refractivity contribution in [3.8, 4) is 0 Å². The molecule has 1 heterocycles. The number of hydrogen-bond acceptors (Lipinski definition) is 4. The number of carbonyl (C=O) groups is 1. The van der Waals surface area contributed by atoms with Gasteiger partial charge in [0.05, 0.1) is 12.7 Å². The highest BCUT2D eigenvalue weighted by atomic mass is 35.5. The number of aryl methyl sites for hydroxylation is 1. The van der Waals surface area contributed by atoms with Crippen LogP contribution < -0.4 is 5.32 Å². The van der Waals surface area contributed by atoms with Crippen molar-refractivity contribution in [2.24, 2.45) is 0 Å². The largest absolute Gasteiger partial charge is 0.444 e. The van der Waals surface area contributed by atoms with Crippen LogP contribution >= 0.6 is 11.6 Å². The fourth-order valence-corrected chi connectivity index (χ4v) is 2.75. The zero-order valence-corrected chi connectivity index (χ0v) is 15.7. The van der Waals surface area contributed by atoms with Gasteiger partial charge in [0.15, 0.2) is 0 Å². The van der Waals surface area contributed by atoms with Gasteiger partial charge in [-0.05, 0) is 44.9 Å². The molecule has 0 unspecified atom stereocenters. The van der Waals surface area contributed by atoms with Crippen molar-refractivity contribution in [3.05, 3.63) is 34.3 Å². The maximum Gasteiger partial charge on any atom is 0.407 e. The number of rotatable bonds is 4. The Bertz CT molecular complexity index is 572. The average Bonchev–Trinajstić information content (AvgIpc) is 2.48. The third-order valence-corrected chi connectivity index (χ3v) is 4.15. The zero-order chi connectivity index (χ0) is 17.7. The Kier molecular flexibility index (Phi) is 6.49. The number of morpholine rings is 1. The van der Waals surface area contributed by atoms with Crippen LogP contribution in [0.25, 0.3) is 0 Å². The molecule has 134 valence electrons. The Balaban J connectivity index is 1.81. The summed E-state index contributed by atoms with van der Waals surface area (Å²) < 4.78 is 11.0. The van der Waals surface area contributed by atoms with Gasteiger partial charge in [0.1, 0.15) is 5.60 Å². The first-order valence-corrected chi connectivity index (χ1v) is 8.66. The third-order valence-electron chi connectivity index (χ3n) is 3.74. The van der Waals surface area contributed by atoms with Crippen LogP contribution in [0.15, 0.2) is 18.2 Å². The minimum absolute atomic E-state index is 0.0350. The van der Waals surface area contributed by atoms with Crippen LogP contribution in [0.1, 0.15) is 31.9 Å². The number of alkyl carbamates (subject to hydrolysis) is 1. The van der Waals surface area contributed by atoms with E-state index >= 15 is 0 Å². The van der Waals surface area contributed by atoms with Gasteiger partial charge in [0.25, 0.3) is 0 Å². The Morgan fingerprint density at radius 2 is 2.21 bits per heavy atom. The summed E-state index contributed by atoms with van der Waals surface area (Å²) in [5.74, 6) is 0. The summed E-state index contributed by atoms with van der Waals surface area (Å²) in [5, 5.41) is 3.57. The van der Waals surface area contributed by atoms with E-state index in [0.717, 1.165) is 30.2 Å². The molecular formula is C18H27ClN2O3. The van der Waals surface area contributed by atoms with Gasteiger partial charge in [0.2, 0.25) is 0 Å². The van der Waals surface area contributed by atoms with E-state index in [1.807, 2.05) is 39.8 Å². The fraction of sp³-hybridized carbons (Fsp3) is 0.611. The van der Waals surface area contributed by atoms with E-state index in [0.29, 0.717) is 13.2 Å². The van der Waals surface area contributed by atoms with Crippen molar-refractivity contribution < 1.29 is 14.3 Å². The molecule has 1 fully saturated rings. The monoisotopic (exact) mass is 354 g/mol. The molecule has 1 aliphatic rings. The molecule has 0 aliphatic carbocycles. The number of nitrogens with zero attached hydrogens (tertiary/aromatic N) is 1. The van der Waals surface area contributed by atoms with Crippen molar-refractivity contribution in [3.63, 3.8) is 0 Å². The summed E-state index contributed by atoms with van der Waals surface area (Å²) in [7, 11) is 0. The van der Waals surface area contributed by atoms with E-state index < -0.39 is 11.7 Å². The molecule has 5 nitrogen and oxygen atoms in total. The molecular weight excluding hydrogens is 328 g/mol. The maximum absolute atomic E-state index is 11.7. The van der Waals surface area contributed by atoms with Crippen molar-refractivity contribution in [2.75, 3.05) is 26.2 Å². The lowest BCUT2D eigenvalue weighted by Gasteiger charge is -2.33. The van der Waals surface area contributed by atoms with Gasteiger partial charge in [-0.25, -0.2) is 4.79 Å². The molecule has 0 saturated carbocycles. The van der Waals surface area contributed by atoms with Crippen LogP contribution in [0, 0.1) is 6.92 Å². The molecule has 1 amide bonds. The summed E-state index contributed by atoms with van der Waals surface area (Å²) >= 11 is 6.19. The highest BCUT2D eigenvalue weighted by molar-refractivity contribution is 6.31. The first kappa shape index (κ1) is 19.0. The van der Waals surface area contributed by atoms with Crippen molar-refractivity contribution in [2.45, 2.75) is 45.9 Å². The van der Waals surface area contributed by atoms with Crippen molar-refractivity contribution in [1.29, 1.82) is 0 Å². The van der Waals surface area contributed by atoms with Gasteiger partial charge in [0, 0.05) is 31.2 Å². The lowest BCUT2D eigenvalue weighted by Crippen LogP contribution is -2.47. The van der Waals surface area contributed by atoms with Crippen molar-refractivity contribution >= 4 is 17.7 Å². The Morgan fingerprint density at radius 1 is 1.46 bits per heavy atom. The lowest BCUT2D eigenvalue weighted by molar-refractivity contribution is -0.0313. The predicted octanol–water partition coefficient (Wildman–Crippen LogP) is 3.37. The van der Waals surface area contributed by atoms with Crippen LogP contribution in [-0.2, 0) is 16.0 Å². The molecule has 1 aliphatic heterocycles. The van der Waals surface area contributed by atoms with Crippen LogP contribution in [0.2, 0.25) is 5.02 Å². The number of ether oxygens (including phenoxy) is 2. The van der Waals surface area contributed by atoms with E-state index in [1.165, 1.54) is 5.56 Å². The first-order valence-electron chi connectivity index (χ1n) is 8.29. The number of hydrogen-bond donors (Lipinski definition) is 1. The van der Waals surface area contributed by atoms with Crippen LogP contribution in [0.3, 0.4) is 0 Å². The molecule has 1 aromatic rings. The molecule has 0 spiro atoms. The molecule has 6 heteroatoms. The molecule has 0 bridgehead atoms. The second-order valence-corrected chi connectivity index (χ2v) is 7.60. The summed E-state index contributed by atoms with van der Waals surface area (Å²) in [5.41, 5.74) is 1.78. The maximum atomic E-state index is 11.7. The lowest BCUT2D eigenvalue weighted by atomic mass is 10.1. The number of amides is 1. The molecule has 1 N–H and O–H groups in total. The Morgan fingerprint density at radius 3 is 2.88 bits per heavy atom. The smallest absolute Gasteiger partial charge is 0.407 e. The standard InChI is InChI=1S/C18H27ClN2O3/c1-13-5-6-14(9-16(13)19)11-21-7-8-23-15(12-21)10-20-17(22)24-18(2,3)4/h5-6,9,15H,7-8,10-12H2,1-4H3,(H,20,22)/t15-/m0/s1. The summed E-state index contributed by atoms with van der Waals surface area (Å²) in [6.07, 6.45) is -0.444. The van der Waals surface area contributed by atoms with E-state index in [9.17, 15) is 4.79 Å². The molecule has 2 rings (SSSR count). The first-order chi connectivity index (χ1) is 11.2. The number of nitrogens with one attached hydrogen (secondary N) is 1. The number of halogens is 1. The fourth-order valence-electron chi connectivity index (χ4n) is 2.55. The van der Waals surface area contributed by atoms with E-state index in [-0.39, 0.29) is 6.10 Å². The molecule has 1 aromatic carbocycles. The van der Waals surface area contributed by atoms with Crippen LogP contribution in [0.5, 0.6) is 0 Å². The topological polar surface area (TPSA) is 50.8 Å². The number of benzene rings is 1. The van der Waals surface area contributed by atoms with Gasteiger partial charge in [-0.15, -0.1) is 0 Å². The number of carbonyl (C=O) groups excluding carboxylic acids is 1. The predicted molar refractivity (Wildman–Crippen MR) is 95.4 cm³/mol. The molecule has 0 radical (unpaired) electrons. The van der Waals surface area contributed by atoms with E-state index in [1.54, 1.807) is 0 Å².